The van der Waals surface area contributed by atoms with E-state index in [4.69, 9.17) is 10.7 Å². The molecule has 0 radical (unpaired) electrons. The number of anilines is 3. The zero-order valence-corrected chi connectivity index (χ0v) is 29.0. The number of aliphatic carboxylic acids is 1. The van der Waals surface area contributed by atoms with Gasteiger partial charge in [-0.2, -0.15) is 0 Å². The van der Waals surface area contributed by atoms with Crippen molar-refractivity contribution in [1.82, 2.24) is 29.2 Å². The lowest BCUT2D eigenvalue weighted by atomic mass is 9.93. The molecule has 0 aromatic carbocycles. The number of carboxylic acids is 1. The van der Waals surface area contributed by atoms with Crippen molar-refractivity contribution < 1.29 is 19.5 Å². The summed E-state index contributed by atoms with van der Waals surface area (Å²) in [5, 5.41) is 14.9. The first-order chi connectivity index (χ1) is 23.9. The highest BCUT2D eigenvalue weighted by Gasteiger charge is 2.28. The van der Waals surface area contributed by atoms with Crippen molar-refractivity contribution in [3.05, 3.63) is 98.1 Å². The fourth-order valence-electron chi connectivity index (χ4n) is 5.24. The molecule has 6 rings (SSSR count). The molecule has 14 nitrogen and oxygen atoms in total. The van der Waals surface area contributed by atoms with Crippen LogP contribution in [0.15, 0.2) is 65.3 Å². The normalized spacial score (nSPS) is 14.0. The van der Waals surface area contributed by atoms with Crippen molar-refractivity contribution in [2.75, 3.05) is 42.1 Å². The molecule has 1 fully saturated rings. The Kier molecular flexibility index (Phi) is 9.56. The Morgan fingerprint density at radius 2 is 1.80 bits per heavy atom. The summed E-state index contributed by atoms with van der Waals surface area (Å²) in [4.78, 5) is 73.9. The highest BCUT2D eigenvalue weighted by atomic mass is 32.1. The largest absolute Gasteiger partial charge is 0.478 e. The van der Waals surface area contributed by atoms with Crippen molar-refractivity contribution in [1.29, 1.82) is 0 Å². The van der Waals surface area contributed by atoms with E-state index in [2.05, 4.69) is 20.3 Å². The van der Waals surface area contributed by atoms with Crippen LogP contribution in [0.3, 0.4) is 0 Å². The minimum Gasteiger partial charge on any atom is -0.478 e. The van der Waals surface area contributed by atoms with Gasteiger partial charge in [-0.15, -0.1) is 11.3 Å². The SMILES string of the molecule is CC(C)(C)c1csc(NC(=O)c2ccn3c(=O)c(C=CC(=O)O)c(N4CCN(C(=O)C(=Cc5ccncc5)c5cnc(N)s5)CC4)nc3c2)n1. The van der Waals surface area contributed by atoms with Crippen LogP contribution in [0.5, 0.6) is 0 Å². The van der Waals surface area contributed by atoms with Crippen molar-refractivity contribution >= 4 is 79.9 Å². The minimum atomic E-state index is -1.23. The van der Waals surface area contributed by atoms with Crippen LogP contribution in [0.4, 0.5) is 16.1 Å². The zero-order valence-electron chi connectivity index (χ0n) is 27.4. The molecular formula is C34H33N9O5S2. The molecule has 0 bridgehead atoms. The monoisotopic (exact) mass is 711 g/mol. The topological polar surface area (TPSA) is 189 Å². The Bertz CT molecular complexity index is 2210. The first-order valence-corrected chi connectivity index (χ1v) is 17.2. The highest BCUT2D eigenvalue weighted by Crippen LogP contribution is 2.29. The van der Waals surface area contributed by atoms with E-state index in [1.165, 1.54) is 51.5 Å². The van der Waals surface area contributed by atoms with Crippen molar-refractivity contribution in [3.63, 3.8) is 0 Å². The van der Waals surface area contributed by atoms with E-state index in [0.29, 0.717) is 33.8 Å². The molecule has 1 aliphatic heterocycles. The molecule has 256 valence electrons. The summed E-state index contributed by atoms with van der Waals surface area (Å²) in [6.45, 7) is 7.29. The van der Waals surface area contributed by atoms with Crippen LogP contribution < -0.4 is 21.5 Å². The van der Waals surface area contributed by atoms with Gasteiger partial charge < -0.3 is 20.6 Å². The van der Waals surface area contributed by atoms with E-state index >= 15 is 0 Å². The number of amides is 2. The molecule has 0 atom stereocenters. The standard InChI is InChI=1S/C34H33N9O5S2/c1-34(2,3)25-19-49-33(38-25)40-29(46)21-8-11-43-26(17-21)39-28(22(31(43)48)4-5-27(44)45)41-12-14-42(15-13-41)30(47)23(24-18-37-32(35)50-24)16-20-6-9-36-10-7-20/h4-11,16-19H,12-15H2,1-3H3,(H2,35,37)(H,44,45)(H,38,40,46). The zero-order chi connectivity index (χ0) is 35.6. The number of nitrogens with two attached hydrogens (primary N) is 1. The number of hydrogen-bond donors (Lipinski definition) is 3. The molecule has 4 N–H and O–H groups in total. The summed E-state index contributed by atoms with van der Waals surface area (Å²) in [5.41, 5.74) is 7.82. The Morgan fingerprint density at radius 3 is 2.44 bits per heavy atom. The van der Waals surface area contributed by atoms with Crippen LogP contribution in [0.2, 0.25) is 0 Å². The third-order valence-corrected chi connectivity index (χ3v) is 9.51. The minimum absolute atomic E-state index is 0.0674. The summed E-state index contributed by atoms with van der Waals surface area (Å²) < 4.78 is 1.26. The molecule has 0 spiro atoms. The number of aromatic nitrogens is 5. The first kappa shape index (κ1) is 34.1. The van der Waals surface area contributed by atoms with Gasteiger partial charge in [0.05, 0.1) is 21.7 Å². The number of fused-ring (bicyclic) bond motifs is 1. The van der Waals surface area contributed by atoms with Gasteiger partial charge in [0, 0.05) is 73.4 Å². The van der Waals surface area contributed by atoms with Gasteiger partial charge >= 0.3 is 5.97 Å². The smallest absolute Gasteiger partial charge is 0.328 e. The summed E-state index contributed by atoms with van der Waals surface area (Å²) >= 11 is 2.54. The second kappa shape index (κ2) is 14.0. The van der Waals surface area contributed by atoms with Gasteiger partial charge in [0.1, 0.15) is 11.5 Å². The number of nitrogen functional groups attached to an aromatic ring is 1. The van der Waals surface area contributed by atoms with Crippen LogP contribution in [0.1, 0.15) is 52.8 Å². The maximum atomic E-state index is 13.9. The average molecular weight is 712 g/mol. The molecule has 2 amide bonds. The van der Waals surface area contributed by atoms with Crippen molar-refractivity contribution in [3.8, 4) is 0 Å². The van der Waals surface area contributed by atoms with Gasteiger partial charge in [0.25, 0.3) is 17.4 Å². The number of rotatable bonds is 8. The van der Waals surface area contributed by atoms with E-state index in [1.807, 2.05) is 31.1 Å². The van der Waals surface area contributed by atoms with E-state index in [9.17, 15) is 24.3 Å². The van der Waals surface area contributed by atoms with Crippen LogP contribution >= 0.6 is 22.7 Å². The third kappa shape index (κ3) is 7.45. The predicted octanol–water partition coefficient (Wildman–Crippen LogP) is 4.12. The number of carbonyl (C=O) groups is 3. The molecule has 0 unspecified atom stereocenters. The molecule has 1 aliphatic rings. The fourth-order valence-corrected chi connectivity index (χ4v) is 6.86. The molecule has 16 heteroatoms. The van der Waals surface area contributed by atoms with Crippen molar-refractivity contribution in [2.24, 2.45) is 0 Å². The lowest BCUT2D eigenvalue weighted by Gasteiger charge is -2.36. The number of carbonyl (C=O) groups excluding carboxylic acids is 2. The van der Waals surface area contributed by atoms with Gasteiger partial charge in [-0.3, -0.25) is 29.1 Å². The van der Waals surface area contributed by atoms with Gasteiger partial charge in [-0.1, -0.05) is 32.1 Å². The molecule has 1 saturated heterocycles. The van der Waals surface area contributed by atoms with E-state index in [1.54, 1.807) is 41.7 Å². The third-order valence-electron chi connectivity index (χ3n) is 7.90. The summed E-state index contributed by atoms with van der Waals surface area (Å²) in [7, 11) is 0. The molecule has 50 heavy (non-hydrogen) atoms. The second-order valence-electron chi connectivity index (χ2n) is 12.4. The molecule has 0 aliphatic carbocycles. The van der Waals surface area contributed by atoms with Crippen LogP contribution in [0, 0.1) is 0 Å². The summed E-state index contributed by atoms with van der Waals surface area (Å²) in [6.07, 6.45) is 10.2. The predicted molar refractivity (Wildman–Crippen MR) is 194 cm³/mol. The quantitative estimate of drug-likeness (QED) is 0.196. The lowest BCUT2D eigenvalue weighted by molar-refractivity contribution is -0.131. The highest BCUT2D eigenvalue weighted by molar-refractivity contribution is 7.16. The van der Waals surface area contributed by atoms with Crippen LogP contribution in [-0.4, -0.2) is 78.3 Å². The van der Waals surface area contributed by atoms with Crippen molar-refractivity contribution in [2.45, 2.75) is 26.2 Å². The molecule has 6 heterocycles. The maximum absolute atomic E-state index is 13.9. The molecule has 5 aromatic heterocycles. The van der Waals surface area contributed by atoms with E-state index in [-0.39, 0.29) is 47.0 Å². The summed E-state index contributed by atoms with van der Waals surface area (Å²) in [6, 6.07) is 6.58. The Balaban J connectivity index is 1.28. The summed E-state index contributed by atoms with van der Waals surface area (Å²) in [5.74, 6) is -1.61. The number of piperazine rings is 1. The van der Waals surface area contributed by atoms with E-state index in [0.717, 1.165) is 17.3 Å². The Labute approximate surface area is 294 Å². The molecule has 5 aromatic rings. The van der Waals surface area contributed by atoms with E-state index < -0.39 is 17.4 Å². The van der Waals surface area contributed by atoms with Gasteiger partial charge in [-0.05, 0) is 42.0 Å². The number of carboxylic acid groups (broad SMARTS) is 1. The van der Waals surface area contributed by atoms with Gasteiger partial charge in [0.15, 0.2) is 10.3 Å². The Morgan fingerprint density at radius 1 is 1.06 bits per heavy atom. The number of hydrogen-bond acceptors (Lipinski definition) is 12. The number of pyridine rings is 2. The second-order valence-corrected chi connectivity index (χ2v) is 14.3. The van der Waals surface area contributed by atoms with Gasteiger partial charge in [-0.25, -0.2) is 19.7 Å². The Hall–Kier alpha value is -5.74. The van der Waals surface area contributed by atoms with Gasteiger partial charge in [0.2, 0.25) is 0 Å². The average Bonchev–Trinajstić information content (AvgIpc) is 3.76. The number of nitrogens with zero attached hydrogens (tertiary/aromatic N) is 7. The van der Waals surface area contributed by atoms with Crippen LogP contribution in [0.25, 0.3) is 23.4 Å². The number of nitrogens with one attached hydrogen (secondary N) is 1. The lowest BCUT2D eigenvalue weighted by Crippen LogP contribution is -2.49. The maximum Gasteiger partial charge on any atom is 0.328 e. The molecule has 0 saturated carbocycles. The fraction of sp³-hybridized carbons (Fsp3) is 0.235. The first-order valence-electron chi connectivity index (χ1n) is 15.5. The molecular weight excluding hydrogens is 679 g/mol. The number of thiazole rings is 2. The van der Waals surface area contributed by atoms with Crippen LogP contribution in [-0.2, 0) is 15.0 Å².